The smallest absolute Gasteiger partial charge is 0.119 e. The molecule has 0 aliphatic carbocycles. The van der Waals surface area contributed by atoms with Gasteiger partial charge in [0.2, 0.25) is 0 Å². The molecule has 413 valence electrons. The number of aliphatic hydroxyl groups is 4. The number of aliphatic hydroxyl groups excluding tert-OH is 4. The van der Waals surface area contributed by atoms with Gasteiger partial charge in [0.25, 0.3) is 0 Å². The van der Waals surface area contributed by atoms with E-state index in [9.17, 15) is 0 Å². The van der Waals surface area contributed by atoms with E-state index < -0.39 is 6.10 Å². The van der Waals surface area contributed by atoms with Crippen molar-refractivity contribution >= 4 is 38.7 Å². The van der Waals surface area contributed by atoms with E-state index in [1.165, 1.54) is 7.17 Å². The first-order chi connectivity index (χ1) is 36.6. The Morgan fingerprint density at radius 1 is 0.493 bits per heavy atom. The summed E-state index contributed by atoms with van der Waals surface area (Å²) in [5.41, 5.74) is 3.80. The summed E-state index contributed by atoms with van der Waals surface area (Å²) < 4.78 is 38.6. The largest absolute Gasteiger partial charge is 0.494 e. The zero-order valence-corrected chi connectivity index (χ0v) is 45.9. The Morgan fingerprint density at radius 3 is 1.00 bits per heavy atom. The van der Waals surface area contributed by atoms with Crippen LogP contribution in [0.1, 0.15) is 135 Å². The fraction of sp³-hybridized carbons (Fsp3) is 0.567. The first-order valence-electron chi connectivity index (χ1n) is 27.5. The Morgan fingerprint density at radius 2 is 0.747 bits per heavy atom. The Balaban J connectivity index is 0.000000463. The first kappa shape index (κ1) is 66.4. The third-order valence-electron chi connectivity index (χ3n) is 10.9. The molecule has 1 heterocycles. The number of unbranched alkanes of at least 4 members (excludes halogenated alkanes) is 12. The number of rotatable bonds is 38. The summed E-state index contributed by atoms with van der Waals surface area (Å²) in [5, 5.41) is 35.8. The Hall–Kier alpha value is -4.73. The van der Waals surface area contributed by atoms with E-state index in [-0.39, 0.29) is 19.3 Å². The van der Waals surface area contributed by atoms with Crippen LogP contribution in [0.3, 0.4) is 0 Å². The van der Waals surface area contributed by atoms with Gasteiger partial charge in [-0.05, 0) is 206 Å². The van der Waals surface area contributed by atoms with Crippen molar-refractivity contribution in [3.05, 3.63) is 108 Å². The molecule has 0 saturated carbocycles. The van der Waals surface area contributed by atoms with Gasteiger partial charge in [-0.3, -0.25) is 9.98 Å². The third-order valence-corrected chi connectivity index (χ3v) is 10.9. The van der Waals surface area contributed by atoms with Gasteiger partial charge in [0.15, 0.2) is 0 Å². The summed E-state index contributed by atoms with van der Waals surface area (Å²) in [4.78, 5) is 9.07. The zero-order chi connectivity index (χ0) is 54.2. The summed E-state index contributed by atoms with van der Waals surface area (Å²) in [6.07, 6.45) is 20.0. The van der Waals surface area contributed by atoms with Crippen LogP contribution >= 0.6 is 0 Å². The third kappa shape index (κ3) is 40.2. The van der Waals surface area contributed by atoms with Crippen LogP contribution in [0, 0.1) is 0 Å². The lowest BCUT2D eigenvalue weighted by Gasteiger charge is -2.08. The van der Waals surface area contributed by atoms with Gasteiger partial charge in [-0.25, -0.2) is 0 Å². The van der Waals surface area contributed by atoms with Crippen molar-refractivity contribution in [3.63, 3.8) is 0 Å². The van der Waals surface area contributed by atoms with Crippen molar-refractivity contribution in [2.45, 2.75) is 149 Å². The molecular formula is C60H91B2N2O11. The molecule has 0 aromatic heterocycles. The topological polar surface area (TPSA) is 174 Å². The SMILES string of the molecule is CC(O)COCCCCCCOc1ccc(C=Nc2ccc(OCCCCCCOCC(C)O)cc2)cc1.CC1CO1.OCCCCCCOc1ccc(C=Nc2ccc(OCCCCCCO)cc2)cc1.[B][B]C. The summed E-state index contributed by atoms with van der Waals surface area (Å²) in [6, 6.07) is 31.5. The summed E-state index contributed by atoms with van der Waals surface area (Å²) in [6.45, 7) is 13.9. The second kappa shape index (κ2) is 46.6. The van der Waals surface area contributed by atoms with Crippen LogP contribution in [-0.4, -0.2) is 139 Å². The summed E-state index contributed by atoms with van der Waals surface area (Å²) >= 11 is 0. The number of benzene rings is 4. The van der Waals surface area contributed by atoms with Crippen molar-refractivity contribution in [2.24, 2.45) is 9.98 Å². The van der Waals surface area contributed by atoms with E-state index in [0.29, 0.717) is 59.0 Å². The van der Waals surface area contributed by atoms with Gasteiger partial charge >= 0.3 is 0 Å². The van der Waals surface area contributed by atoms with Gasteiger partial charge in [0.05, 0.1) is 83.1 Å². The average Bonchev–Trinajstić information content (AvgIpc) is 4.21. The van der Waals surface area contributed by atoms with E-state index in [1.54, 1.807) is 20.7 Å². The van der Waals surface area contributed by atoms with Crippen LogP contribution in [0.4, 0.5) is 11.4 Å². The van der Waals surface area contributed by atoms with Crippen LogP contribution in [0.15, 0.2) is 107 Å². The molecule has 4 N–H and O–H groups in total. The lowest BCUT2D eigenvalue weighted by atomic mass is 9.59. The zero-order valence-electron chi connectivity index (χ0n) is 45.9. The Labute approximate surface area is 453 Å². The highest BCUT2D eigenvalue weighted by molar-refractivity contribution is 6.88. The van der Waals surface area contributed by atoms with E-state index in [4.69, 9.17) is 61.3 Å². The molecule has 3 atom stereocenters. The summed E-state index contributed by atoms with van der Waals surface area (Å²) in [5.74, 6) is 3.45. The predicted molar refractivity (Wildman–Crippen MR) is 308 cm³/mol. The van der Waals surface area contributed by atoms with Crippen LogP contribution in [0.2, 0.25) is 6.82 Å². The van der Waals surface area contributed by atoms with Crippen molar-refractivity contribution in [1.82, 2.24) is 0 Å². The lowest BCUT2D eigenvalue weighted by Crippen LogP contribution is -2.10. The number of hydrogen-bond donors (Lipinski definition) is 4. The molecule has 4 aromatic carbocycles. The van der Waals surface area contributed by atoms with E-state index in [0.717, 1.165) is 155 Å². The number of epoxide rings is 1. The van der Waals surface area contributed by atoms with Gasteiger partial charge in [-0.2, -0.15) is 0 Å². The maximum absolute atomic E-state index is 9.15. The maximum atomic E-state index is 9.15. The molecule has 3 radical (unpaired) electrons. The molecular weight excluding hydrogens is 946 g/mol. The van der Waals surface area contributed by atoms with Gasteiger partial charge in [0.1, 0.15) is 23.0 Å². The number of ether oxygens (including phenoxy) is 7. The molecule has 1 fully saturated rings. The standard InChI is InChI=1S/C31H47NO6.C25H35NO4.C3H6O.CH3B2/c1-26(33)24-35-19-7-3-5-9-21-37-30-15-11-28(12-16-30)23-32-29-13-17-31(18-14-29)38-22-10-6-4-8-20-36-25-27(2)34;27-17-5-1-3-7-19-29-24-13-9-22(10-14-24)21-26-23-11-15-25(16-12-23)30-20-8-4-2-6-18-28;1-3-2-4-3;1-3-2/h11-18,23,26-27,33-34H,3-10,19-22,24-25H2,1-2H3;9-16,21,27-28H,1-8,17-20H2;3H,2H2,1H3;1H3. The fourth-order valence-electron chi connectivity index (χ4n) is 6.67. The van der Waals surface area contributed by atoms with E-state index in [2.05, 4.69) is 16.9 Å². The van der Waals surface area contributed by atoms with E-state index in [1.807, 2.05) is 109 Å². The molecule has 0 bridgehead atoms. The predicted octanol–water partition coefficient (Wildman–Crippen LogP) is 11.6. The molecule has 75 heavy (non-hydrogen) atoms. The minimum absolute atomic E-state index is 0.271. The molecule has 5 rings (SSSR count). The van der Waals surface area contributed by atoms with Crippen molar-refractivity contribution in [1.29, 1.82) is 0 Å². The quantitative estimate of drug-likeness (QED) is 0.0146. The number of aliphatic imine (C=N–C) groups is 2. The first-order valence-corrected chi connectivity index (χ1v) is 27.5. The molecule has 1 aliphatic heterocycles. The average molecular weight is 1040 g/mol. The van der Waals surface area contributed by atoms with Gasteiger partial charge in [-0.1, -0.05) is 25.7 Å². The van der Waals surface area contributed by atoms with Crippen LogP contribution < -0.4 is 18.9 Å². The second-order valence-corrected chi connectivity index (χ2v) is 18.5. The number of nitrogens with zero attached hydrogens (tertiary/aromatic N) is 2. The van der Waals surface area contributed by atoms with Crippen molar-refractivity contribution in [2.75, 3.05) is 72.7 Å². The molecule has 0 spiro atoms. The molecule has 1 aliphatic rings. The molecule has 0 amide bonds. The van der Waals surface area contributed by atoms with Gasteiger partial charge < -0.3 is 53.6 Å². The molecule has 4 aromatic rings. The molecule has 13 nitrogen and oxygen atoms in total. The van der Waals surface area contributed by atoms with Crippen LogP contribution in [0.25, 0.3) is 0 Å². The monoisotopic (exact) mass is 1040 g/mol. The van der Waals surface area contributed by atoms with Gasteiger partial charge in [-0.15, -0.1) is 6.82 Å². The highest BCUT2D eigenvalue weighted by Crippen LogP contribution is 2.21. The highest BCUT2D eigenvalue weighted by atomic mass is 16.6. The Bertz CT molecular complexity index is 1800. The molecule has 1 saturated heterocycles. The minimum Gasteiger partial charge on any atom is -0.494 e. The van der Waals surface area contributed by atoms with Gasteiger partial charge in [0, 0.05) is 46.6 Å². The molecule has 15 heteroatoms. The molecule has 3 unspecified atom stereocenters. The van der Waals surface area contributed by atoms with Crippen LogP contribution in [-0.2, 0) is 14.2 Å². The maximum Gasteiger partial charge on any atom is 0.119 e. The fourth-order valence-corrected chi connectivity index (χ4v) is 6.67. The number of hydrogen-bond acceptors (Lipinski definition) is 13. The van der Waals surface area contributed by atoms with Crippen LogP contribution in [0.5, 0.6) is 23.0 Å². The minimum atomic E-state index is -0.390. The normalized spacial score (nSPS) is 13.4. The second-order valence-electron chi connectivity index (χ2n) is 18.5. The van der Waals surface area contributed by atoms with Crippen molar-refractivity contribution in [3.8, 4) is 23.0 Å². The van der Waals surface area contributed by atoms with Crippen molar-refractivity contribution < 1.29 is 53.6 Å². The highest BCUT2D eigenvalue weighted by Gasteiger charge is 2.13. The Kier molecular flexibility index (Phi) is 41.2. The van der Waals surface area contributed by atoms with E-state index >= 15 is 0 Å². The summed E-state index contributed by atoms with van der Waals surface area (Å²) in [7, 11) is 6.22. The lowest BCUT2D eigenvalue weighted by molar-refractivity contribution is 0.0444.